The fourth-order valence-electron chi connectivity index (χ4n) is 2.44. The monoisotopic (exact) mass is 376 g/mol. The summed E-state index contributed by atoms with van der Waals surface area (Å²) in [6, 6.07) is 17.5. The van der Waals surface area contributed by atoms with E-state index in [1.54, 1.807) is 0 Å². The number of nitrogens with zero attached hydrogens (tertiary/aromatic N) is 2. The van der Waals surface area contributed by atoms with E-state index in [0.29, 0.717) is 22.4 Å². The van der Waals surface area contributed by atoms with Gasteiger partial charge in [-0.2, -0.15) is 18.4 Å². The number of amides is 1. The molecule has 27 heavy (non-hydrogen) atoms. The maximum atomic E-state index is 12.8. The van der Waals surface area contributed by atoms with Gasteiger partial charge in [0.2, 0.25) is 5.91 Å². The molecule has 142 valence electrons. The van der Waals surface area contributed by atoms with Gasteiger partial charge in [0, 0.05) is 6.54 Å². The number of benzene rings is 2. The molecule has 0 atom stereocenters. The predicted molar refractivity (Wildman–Crippen MR) is 93.6 cm³/mol. The number of hydrogen-bond acceptors (Lipinski definition) is 3. The third-order valence-corrected chi connectivity index (χ3v) is 3.78. The Hall–Kier alpha value is -2.85. The lowest BCUT2D eigenvalue weighted by atomic mass is 10.1. The number of rotatable bonds is 8. The van der Waals surface area contributed by atoms with Gasteiger partial charge in [-0.1, -0.05) is 42.5 Å². The van der Waals surface area contributed by atoms with E-state index >= 15 is 0 Å². The van der Waals surface area contributed by atoms with Crippen LogP contribution in [0.2, 0.25) is 0 Å². The molecule has 2 rings (SSSR count). The van der Waals surface area contributed by atoms with Crippen molar-refractivity contribution in [2.75, 3.05) is 19.8 Å². The van der Waals surface area contributed by atoms with Crippen molar-refractivity contribution in [2.45, 2.75) is 19.1 Å². The molecule has 0 aliphatic rings. The molecule has 0 aliphatic carbocycles. The summed E-state index contributed by atoms with van der Waals surface area (Å²) in [5.41, 5.74) is 1.93. The molecule has 0 saturated carbocycles. The zero-order chi connectivity index (χ0) is 19.7. The van der Waals surface area contributed by atoms with E-state index < -0.39 is 25.2 Å². The molecular formula is C20H19F3N2O2. The molecule has 2 aromatic rings. The number of hydrogen-bond donors (Lipinski definition) is 0. The number of alkyl halides is 3. The molecule has 0 N–H and O–H groups in total. The lowest BCUT2D eigenvalue weighted by Gasteiger charge is -2.24. The molecule has 2 aromatic carbocycles. The van der Waals surface area contributed by atoms with E-state index in [-0.39, 0.29) is 13.2 Å². The lowest BCUT2D eigenvalue weighted by molar-refractivity contribution is -0.165. The van der Waals surface area contributed by atoms with Crippen LogP contribution in [-0.2, 0) is 22.5 Å². The molecule has 0 spiro atoms. The van der Waals surface area contributed by atoms with Gasteiger partial charge < -0.3 is 9.64 Å². The Morgan fingerprint density at radius 1 is 1.04 bits per heavy atom. The van der Waals surface area contributed by atoms with E-state index in [1.807, 2.05) is 36.4 Å². The van der Waals surface area contributed by atoms with E-state index in [4.69, 9.17) is 10.00 Å². The van der Waals surface area contributed by atoms with Crippen molar-refractivity contribution in [1.82, 2.24) is 4.90 Å². The Labute approximate surface area is 155 Å². The van der Waals surface area contributed by atoms with Gasteiger partial charge in [-0.3, -0.25) is 4.79 Å². The highest BCUT2D eigenvalue weighted by molar-refractivity contribution is 5.77. The van der Waals surface area contributed by atoms with Gasteiger partial charge in [-0.05, 0) is 29.7 Å². The smallest absolute Gasteiger partial charge is 0.371 e. The van der Waals surface area contributed by atoms with Gasteiger partial charge in [0.15, 0.2) is 0 Å². The van der Waals surface area contributed by atoms with Gasteiger partial charge in [0.25, 0.3) is 0 Å². The largest absolute Gasteiger partial charge is 0.406 e. The van der Waals surface area contributed by atoms with Crippen LogP contribution >= 0.6 is 0 Å². The Kier molecular flexibility index (Phi) is 7.38. The zero-order valence-electron chi connectivity index (χ0n) is 14.6. The summed E-state index contributed by atoms with van der Waals surface area (Å²) in [6.45, 7) is -1.73. The highest BCUT2D eigenvalue weighted by atomic mass is 19.4. The molecule has 0 fully saturated rings. The fraction of sp³-hybridized carbons (Fsp3) is 0.300. The maximum absolute atomic E-state index is 12.8. The average Bonchev–Trinajstić information content (AvgIpc) is 2.65. The molecule has 0 heterocycles. The highest BCUT2D eigenvalue weighted by Gasteiger charge is 2.33. The zero-order valence-corrected chi connectivity index (χ0v) is 14.6. The standard InChI is InChI=1S/C20H19F3N2O2/c21-20(22,23)15-25(13-18-8-6-17(12-24)7-9-18)19(26)14-27-11-10-16-4-2-1-3-5-16/h1-9H,10-11,13-15H2. The first kappa shape index (κ1) is 20.5. The molecule has 0 bridgehead atoms. The van der Waals surface area contributed by atoms with Crippen LogP contribution in [0.15, 0.2) is 54.6 Å². The van der Waals surface area contributed by atoms with Crippen LogP contribution in [0, 0.1) is 11.3 Å². The van der Waals surface area contributed by atoms with Gasteiger partial charge >= 0.3 is 6.18 Å². The van der Waals surface area contributed by atoms with Crippen LogP contribution in [0.1, 0.15) is 16.7 Å². The van der Waals surface area contributed by atoms with Gasteiger partial charge in [-0.15, -0.1) is 0 Å². The predicted octanol–water partition coefficient (Wildman–Crippen LogP) is 3.71. The molecule has 1 amide bonds. The molecule has 0 saturated heterocycles. The Morgan fingerprint density at radius 2 is 1.70 bits per heavy atom. The molecular weight excluding hydrogens is 357 g/mol. The van der Waals surface area contributed by atoms with Crippen LogP contribution in [-0.4, -0.2) is 36.7 Å². The van der Waals surface area contributed by atoms with Crippen LogP contribution in [0.5, 0.6) is 0 Å². The van der Waals surface area contributed by atoms with E-state index in [0.717, 1.165) is 5.56 Å². The summed E-state index contributed by atoms with van der Waals surface area (Å²) < 4.78 is 43.7. The Balaban J connectivity index is 1.91. The van der Waals surface area contributed by atoms with Crippen molar-refractivity contribution < 1.29 is 22.7 Å². The third kappa shape index (κ3) is 7.50. The van der Waals surface area contributed by atoms with Crippen molar-refractivity contribution in [2.24, 2.45) is 0 Å². The van der Waals surface area contributed by atoms with E-state index in [1.165, 1.54) is 24.3 Å². The van der Waals surface area contributed by atoms with Crippen molar-refractivity contribution in [1.29, 1.82) is 5.26 Å². The fourth-order valence-corrected chi connectivity index (χ4v) is 2.44. The number of halogens is 3. The highest BCUT2D eigenvalue weighted by Crippen LogP contribution is 2.18. The summed E-state index contributed by atoms with van der Waals surface area (Å²) >= 11 is 0. The van der Waals surface area contributed by atoms with Gasteiger partial charge in [0.05, 0.1) is 18.2 Å². The number of ether oxygens (including phenoxy) is 1. The number of nitriles is 1. The van der Waals surface area contributed by atoms with Gasteiger partial charge in [-0.25, -0.2) is 0 Å². The van der Waals surface area contributed by atoms with Crippen LogP contribution in [0.25, 0.3) is 0 Å². The summed E-state index contributed by atoms with van der Waals surface area (Å²) in [5, 5.41) is 8.77. The summed E-state index contributed by atoms with van der Waals surface area (Å²) in [4.78, 5) is 12.9. The number of carbonyl (C=O) groups is 1. The SMILES string of the molecule is N#Cc1ccc(CN(CC(F)(F)F)C(=O)COCCc2ccccc2)cc1. The summed E-state index contributed by atoms with van der Waals surface area (Å²) in [7, 11) is 0. The Morgan fingerprint density at radius 3 is 2.30 bits per heavy atom. The molecule has 4 nitrogen and oxygen atoms in total. The summed E-state index contributed by atoms with van der Waals surface area (Å²) in [5.74, 6) is -0.732. The molecule has 0 aromatic heterocycles. The Bertz CT molecular complexity index is 769. The second-order valence-corrected chi connectivity index (χ2v) is 5.96. The second-order valence-electron chi connectivity index (χ2n) is 5.96. The van der Waals surface area contributed by atoms with Crippen molar-refractivity contribution in [3.63, 3.8) is 0 Å². The first-order chi connectivity index (χ1) is 12.9. The van der Waals surface area contributed by atoms with E-state index in [9.17, 15) is 18.0 Å². The molecule has 7 heteroatoms. The minimum Gasteiger partial charge on any atom is -0.371 e. The normalized spacial score (nSPS) is 11.0. The topological polar surface area (TPSA) is 53.3 Å². The van der Waals surface area contributed by atoms with Crippen molar-refractivity contribution >= 4 is 5.91 Å². The molecule has 0 unspecified atom stereocenters. The molecule has 0 radical (unpaired) electrons. The average molecular weight is 376 g/mol. The minimum atomic E-state index is -4.51. The van der Waals surface area contributed by atoms with Crippen molar-refractivity contribution in [3.05, 3.63) is 71.3 Å². The van der Waals surface area contributed by atoms with Gasteiger partial charge in [0.1, 0.15) is 13.2 Å². The second kappa shape index (κ2) is 9.74. The quantitative estimate of drug-likeness (QED) is 0.660. The van der Waals surface area contributed by atoms with Crippen LogP contribution in [0.3, 0.4) is 0 Å². The maximum Gasteiger partial charge on any atom is 0.406 e. The van der Waals surface area contributed by atoms with Crippen molar-refractivity contribution in [3.8, 4) is 6.07 Å². The van der Waals surface area contributed by atoms with Crippen LogP contribution < -0.4 is 0 Å². The molecule has 0 aliphatic heterocycles. The first-order valence-electron chi connectivity index (χ1n) is 8.32. The lowest BCUT2D eigenvalue weighted by Crippen LogP contribution is -2.40. The first-order valence-corrected chi connectivity index (χ1v) is 8.32. The van der Waals surface area contributed by atoms with Crippen LogP contribution in [0.4, 0.5) is 13.2 Å². The number of carbonyl (C=O) groups excluding carboxylic acids is 1. The minimum absolute atomic E-state index is 0.202. The van der Waals surface area contributed by atoms with E-state index in [2.05, 4.69) is 0 Å². The summed E-state index contributed by atoms with van der Waals surface area (Å²) in [6.07, 6.45) is -3.94. The third-order valence-electron chi connectivity index (χ3n) is 3.78.